The first-order valence-electron chi connectivity index (χ1n) is 8.20. The molecule has 0 radical (unpaired) electrons. The third-order valence-corrected chi connectivity index (χ3v) is 5.72. The molecule has 4 rings (SSSR count). The monoisotopic (exact) mass is 386 g/mol. The predicted molar refractivity (Wildman–Crippen MR) is 104 cm³/mol. The Morgan fingerprint density at radius 1 is 1.04 bits per heavy atom. The van der Waals surface area contributed by atoms with Crippen LogP contribution >= 0.6 is 22.9 Å². The lowest BCUT2D eigenvalue weighted by atomic mass is 9.83. The van der Waals surface area contributed by atoms with Crippen LogP contribution < -0.4 is 5.32 Å². The van der Waals surface area contributed by atoms with E-state index in [0.29, 0.717) is 22.7 Å². The number of halogens is 2. The predicted octanol–water partition coefficient (Wildman–Crippen LogP) is 4.17. The summed E-state index contributed by atoms with van der Waals surface area (Å²) in [6.45, 7) is 1.49. The molecule has 26 heavy (non-hydrogen) atoms. The highest BCUT2D eigenvalue weighted by molar-refractivity contribution is 7.10. The maximum Gasteiger partial charge on any atom is 0.150 e. The van der Waals surface area contributed by atoms with E-state index >= 15 is 0 Å². The quantitative estimate of drug-likeness (QED) is 0.706. The zero-order valence-corrected chi connectivity index (χ0v) is 15.3. The van der Waals surface area contributed by atoms with E-state index in [1.807, 2.05) is 11.4 Å². The number of benzene rings is 2. The van der Waals surface area contributed by atoms with E-state index in [-0.39, 0.29) is 5.82 Å². The Morgan fingerprint density at radius 2 is 1.69 bits per heavy atom. The Bertz CT molecular complexity index is 905. The first-order chi connectivity index (χ1) is 12.6. The van der Waals surface area contributed by atoms with Crippen molar-refractivity contribution in [3.63, 3.8) is 0 Å². The van der Waals surface area contributed by atoms with Crippen molar-refractivity contribution in [2.75, 3.05) is 13.1 Å². The topological polar surface area (TPSA) is 44.6 Å². The molecule has 1 aliphatic heterocycles. The van der Waals surface area contributed by atoms with Crippen LogP contribution in [-0.4, -0.2) is 24.0 Å². The van der Waals surface area contributed by atoms with Crippen LogP contribution in [0.4, 0.5) is 4.39 Å². The molecule has 3 aromatic rings. The lowest BCUT2D eigenvalue weighted by molar-refractivity contribution is 0.129. The zero-order chi connectivity index (χ0) is 18.1. The number of rotatable bonds is 4. The van der Waals surface area contributed by atoms with Crippen molar-refractivity contribution >= 4 is 28.8 Å². The van der Waals surface area contributed by atoms with Crippen LogP contribution in [0.15, 0.2) is 65.0 Å². The molecule has 0 fully saturated rings. The number of hydrogen-bond acceptors (Lipinski definition) is 4. The van der Waals surface area contributed by atoms with Crippen LogP contribution in [0.2, 0.25) is 5.02 Å². The van der Waals surface area contributed by atoms with Gasteiger partial charge in [0.2, 0.25) is 0 Å². The first kappa shape index (κ1) is 17.2. The average Bonchev–Trinajstić information content (AvgIpc) is 3.34. The zero-order valence-electron chi connectivity index (χ0n) is 13.7. The number of nitrogens with one attached hydrogen (secondary N) is 1. The number of hydrogen-bond donors (Lipinski definition) is 2. The summed E-state index contributed by atoms with van der Waals surface area (Å²) in [6, 6.07) is 14.9. The maximum absolute atomic E-state index is 13.5. The summed E-state index contributed by atoms with van der Waals surface area (Å²) in [7, 11) is 0. The smallest absolute Gasteiger partial charge is 0.150 e. The summed E-state index contributed by atoms with van der Waals surface area (Å²) in [5.74, 6) is 0.427. The van der Waals surface area contributed by atoms with E-state index in [4.69, 9.17) is 11.6 Å². The van der Waals surface area contributed by atoms with Gasteiger partial charge in [0, 0.05) is 17.1 Å². The second kappa shape index (κ2) is 6.83. The minimum atomic E-state index is -1.44. The van der Waals surface area contributed by atoms with Crippen LogP contribution in [0.5, 0.6) is 0 Å². The standard InChI is InChI=1S/C20H16ClFN2OS/c21-15-5-1-13(2-6-15)20(25,14-3-7-16(22)8-4-14)18-17(9-12-26-18)19-23-10-11-24-19/h1-9,12,25H,10-11H2,(H,23,24). The van der Waals surface area contributed by atoms with Crippen molar-refractivity contribution in [3.05, 3.63) is 92.4 Å². The minimum Gasteiger partial charge on any atom is -0.375 e. The molecule has 1 aromatic heterocycles. The molecular formula is C20H16ClFN2OS. The molecule has 0 aliphatic carbocycles. The highest BCUT2D eigenvalue weighted by Crippen LogP contribution is 2.41. The van der Waals surface area contributed by atoms with E-state index in [2.05, 4.69) is 10.3 Å². The molecule has 1 unspecified atom stereocenters. The lowest BCUT2D eigenvalue weighted by Gasteiger charge is -2.30. The highest BCUT2D eigenvalue weighted by Gasteiger charge is 2.38. The van der Waals surface area contributed by atoms with Gasteiger partial charge in [0.1, 0.15) is 17.3 Å². The molecule has 0 amide bonds. The fourth-order valence-corrected chi connectivity index (χ4v) is 4.33. The first-order valence-corrected chi connectivity index (χ1v) is 9.46. The van der Waals surface area contributed by atoms with Crippen molar-refractivity contribution in [2.24, 2.45) is 4.99 Å². The van der Waals surface area contributed by atoms with Crippen LogP contribution in [0, 0.1) is 5.82 Å². The van der Waals surface area contributed by atoms with Gasteiger partial charge in [-0.25, -0.2) is 4.39 Å². The number of nitrogens with zero attached hydrogens (tertiary/aromatic N) is 1. The second-order valence-corrected chi connectivity index (χ2v) is 7.40. The molecule has 3 nitrogen and oxygen atoms in total. The average molecular weight is 387 g/mol. The molecule has 1 aliphatic rings. The van der Waals surface area contributed by atoms with Crippen LogP contribution in [0.1, 0.15) is 21.6 Å². The Balaban J connectivity index is 1.93. The van der Waals surface area contributed by atoms with Gasteiger partial charge in [-0.15, -0.1) is 11.3 Å². The maximum atomic E-state index is 13.5. The SMILES string of the molecule is OC(c1ccc(F)cc1)(c1ccc(Cl)cc1)c1sccc1C1=NCCN1. The van der Waals surface area contributed by atoms with E-state index in [9.17, 15) is 9.50 Å². The number of aliphatic hydroxyl groups is 1. The molecule has 2 heterocycles. The van der Waals surface area contributed by atoms with Crippen LogP contribution in [-0.2, 0) is 5.60 Å². The van der Waals surface area contributed by atoms with Gasteiger partial charge in [-0.05, 0) is 46.8 Å². The van der Waals surface area contributed by atoms with E-state index in [0.717, 1.165) is 22.8 Å². The Labute approximate surface area is 159 Å². The fourth-order valence-electron chi connectivity index (χ4n) is 3.17. The van der Waals surface area contributed by atoms with Gasteiger partial charge in [-0.1, -0.05) is 35.9 Å². The lowest BCUT2D eigenvalue weighted by Crippen LogP contribution is -2.31. The number of amidine groups is 1. The van der Waals surface area contributed by atoms with Gasteiger partial charge in [-0.2, -0.15) is 0 Å². The summed E-state index contributed by atoms with van der Waals surface area (Å²) in [4.78, 5) is 5.22. The molecule has 2 N–H and O–H groups in total. The molecule has 0 bridgehead atoms. The summed E-state index contributed by atoms with van der Waals surface area (Å²) < 4.78 is 13.5. The molecule has 132 valence electrons. The largest absolute Gasteiger partial charge is 0.375 e. The molecule has 0 spiro atoms. The normalized spacial score (nSPS) is 16.0. The van der Waals surface area contributed by atoms with Crippen molar-refractivity contribution in [2.45, 2.75) is 5.60 Å². The van der Waals surface area contributed by atoms with Gasteiger partial charge >= 0.3 is 0 Å². The Kier molecular flexibility index (Phi) is 4.53. The van der Waals surface area contributed by atoms with Crippen molar-refractivity contribution in [1.29, 1.82) is 0 Å². The van der Waals surface area contributed by atoms with E-state index in [1.54, 1.807) is 36.4 Å². The summed E-state index contributed by atoms with van der Waals surface area (Å²) >= 11 is 7.47. The van der Waals surface area contributed by atoms with E-state index < -0.39 is 5.60 Å². The molecule has 0 saturated heterocycles. The van der Waals surface area contributed by atoms with Crippen LogP contribution in [0.3, 0.4) is 0 Å². The molecule has 6 heteroatoms. The number of aliphatic imine (C=N–C) groups is 1. The van der Waals surface area contributed by atoms with Crippen molar-refractivity contribution in [3.8, 4) is 0 Å². The third kappa shape index (κ3) is 2.92. The Hall–Kier alpha value is -2.21. The van der Waals surface area contributed by atoms with Gasteiger partial charge in [0.15, 0.2) is 0 Å². The molecular weight excluding hydrogens is 371 g/mol. The molecule has 2 aromatic carbocycles. The van der Waals surface area contributed by atoms with Gasteiger partial charge < -0.3 is 10.4 Å². The summed E-state index contributed by atoms with van der Waals surface area (Å²) in [5.41, 5.74) is 0.669. The second-order valence-electron chi connectivity index (χ2n) is 6.04. The number of thiophene rings is 1. The van der Waals surface area contributed by atoms with Crippen LogP contribution in [0.25, 0.3) is 0 Å². The summed E-state index contributed by atoms with van der Waals surface area (Å²) in [5, 5.41) is 17.7. The van der Waals surface area contributed by atoms with Crippen molar-refractivity contribution in [1.82, 2.24) is 5.32 Å². The van der Waals surface area contributed by atoms with E-state index in [1.165, 1.54) is 23.5 Å². The van der Waals surface area contributed by atoms with Gasteiger partial charge in [-0.3, -0.25) is 4.99 Å². The highest BCUT2D eigenvalue weighted by atomic mass is 35.5. The molecule has 1 atom stereocenters. The summed E-state index contributed by atoms with van der Waals surface area (Å²) in [6.07, 6.45) is 0. The molecule has 0 saturated carbocycles. The third-order valence-electron chi connectivity index (χ3n) is 4.45. The van der Waals surface area contributed by atoms with Gasteiger partial charge in [0.25, 0.3) is 0 Å². The van der Waals surface area contributed by atoms with Gasteiger partial charge in [0.05, 0.1) is 11.4 Å². The minimum absolute atomic E-state index is 0.347. The fraction of sp³-hybridized carbons (Fsp3) is 0.150. The Morgan fingerprint density at radius 3 is 2.31 bits per heavy atom. The van der Waals surface area contributed by atoms with Crippen molar-refractivity contribution < 1.29 is 9.50 Å².